The minimum Gasteiger partial charge on any atom is -0.438 e. The molecule has 1 aromatic carbocycles. The van der Waals surface area contributed by atoms with Crippen LogP contribution in [0.1, 0.15) is 11.1 Å². The lowest BCUT2D eigenvalue weighted by molar-refractivity contribution is -0.116. The molecule has 7 nitrogen and oxygen atoms in total. The van der Waals surface area contributed by atoms with Crippen molar-refractivity contribution in [2.45, 2.75) is 6.92 Å². The van der Waals surface area contributed by atoms with Crippen molar-refractivity contribution >= 4 is 17.6 Å². The summed E-state index contributed by atoms with van der Waals surface area (Å²) in [6.45, 7) is 1.78. The number of benzene rings is 1. The Morgan fingerprint density at radius 1 is 1.32 bits per heavy atom. The third kappa shape index (κ3) is 3.59. The lowest BCUT2D eigenvalue weighted by atomic mass is 10.1. The van der Waals surface area contributed by atoms with Gasteiger partial charge < -0.3 is 10.1 Å². The molecule has 0 fully saturated rings. The van der Waals surface area contributed by atoms with Crippen LogP contribution in [0.2, 0.25) is 0 Å². The maximum Gasteiger partial charge on any atom is 0.269 e. The van der Waals surface area contributed by atoms with Crippen LogP contribution in [0.5, 0.6) is 11.6 Å². The molecule has 0 aliphatic heterocycles. The predicted octanol–water partition coefficient (Wildman–Crippen LogP) is 2.59. The van der Waals surface area contributed by atoms with Crippen LogP contribution in [0.4, 0.5) is 4.39 Å². The molecule has 0 aliphatic rings. The van der Waals surface area contributed by atoms with Gasteiger partial charge in [-0.2, -0.15) is 10.2 Å². The van der Waals surface area contributed by atoms with Crippen LogP contribution in [0.3, 0.4) is 0 Å². The van der Waals surface area contributed by atoms with Crippen LogP contribution in [-0.4, -0.2) is 22.3 Å². The van der Waals surface area contributed by atoms with Crippen molar-refractivity contribution in [3.05, 3.63) is 75.5 Å². The van der Waals surface area contributed by atoms with Gasteiger partial charge in [0.05, 0.1) is 0 Å². The van der Waals surface area contributed by atoms with Crippen molar-refractivity contribution < 1.29 is 13.9 Å². The summed E-state index contributed by atoms with van der Waals surface area (Å²) in [4.78, 5) is 29.3. The number of aromatic nitrogens is 2. The van der Waals surface area contributed by atoms with E-state index >= 15 is 0 Å². The van der Waals surface area contributed by atoms with Crippen LogP contribution in [0.15, 0.2) is 53.0 Å². The highest BCUT2D eigenvalue weighted by atomic mass is 19.1. The first-order valence-electron chi connectivity index (χ1n) is 8.24. The molecule has 3 aromatic rings. The summed E-state index contributed by atoms with van der Waals surface area (Å²) in [6.07, 6.45) is 2.66. The lowest BCUT2D eigenvalue weighted by Crippen LogP contribution is -2.22. The fraction of sp³-hybridized carbons (Fsp3) is 0.100. The quantitative estimate of drug-likeness (QED) is 0.556. The van der Waals surface area contributed by atoms with Crippen molar-refractivity contribution in [1.82, 2.24) is 14.7 Å². The normalized spacial score (nSPS) is 11.1. The highest BCUT2D eigenvalue weighted by Crippen LogP contribution is 2.24. The second-order valence-electron chi connectivity index (χ2n) is 5.83. The summed E-state index contributed by atoms with van der Waals surface area (Å²) in [6, 6.07) is 10.4. The molecule has 0 atom stereocenters. The largest absolute Gasteiger partial charge is 0.438 e. The summed E-state index contributed by atoms with van der Waals surface area (Å²) in [5.41, 5.74) is 0.221. The number of hydrogen-bond acceptors (Lipinski definition) is 5. The molecule has 0 saturated carbocycles. The van der Waals surface area contributed by atoms with E-state index in [4.69, 9.17) is 4.74 Å². The van der Waals surface area contributed by atoms with Gasteiger partial charge in [0.1, 0.15) is 34.4 Å². The number of hydrogen-bond donors (Lipinski definition) is 1. The maximum absolute atomic E-state index is 13.2. The Morgan fingerprint density at radius 3 is 2.68 bits per heavy atom. The van der Waals surface area contributed by atoms with E-state index in [2.05, 4.69) is 10.3 Å². The van der Waals surface area contributed by atoms with Gasteiger partial charge in [-0.15, -0.1) is 0 Å². The zero-order chi connectivity index (χ0) is 20.3. The maximum atomic E-state index is 13.2. The van der Waals surface area contributed by atoms with Crippen molar-refractivity contribution in [1.29, 1.82) is 5.26 Å². The Hall–Kier alpha value is -3.99. The number of amides is 1. The van der Waals surface area contributed by atoms with E-state index < -0.39 is 17.3 Å². The fourth-order valence-corrected chi connectivity index (χ4v) is 2.54. The number of fused-ring (bicyclic) bond motifs is 1. The van der Waals surface area contributed by atoms with Crippen molar-refractivity contribution in [2.24, 2.45) is 0 Å². The number of carbonyl (C=O) groups excluding carboxylic acids is 1. The van der Waals surface area contributed by atoms with E-state index in [0.29, 0.717) is 5.65 Å². The molecule has 8 heteroatoms. The van der Waals surface area contributed by atoms with Crippen LogP contribution in [0, 0.1) is 24.1 Å². The third-order valence-electron chi connectivity index (χ3n) is 3.96. The van der Waals surface area contributed by atoms with E-state index in [0.717, 1.165) is 11.6 Å². The standard InChI is InChI=1S/C20H15FN4O3/c1-12-4-3-9-25-17(12)24-19(28-15-7-5-14(21)6-8-15)16(20(25)27)10-13(11-22)18(26)23-2/h3-10H,1-2H3,(H,23,26)/b13-10+. The topological polar surface area (TPSA) is 96.5 Å². The van der Waals surface area contributed by atoms with Gasteiger partial charge in [-0.05, 0) is 48.9 Å². The number of likely N-dealkylation sites (N-methyl/N-ethyl adjacent to an activating group) is 1. The number of nitriles is 1. The Bertz CT molecular complexity index is 1190. The summed E-state index contributed by atoms with van der Waals surface area (Å²) < 4.78 is 20.2. The fourth-order valence-electron chi connectivity index (χ4n) is 2.54. The molecule has 2 heterocycles. The molecule has 2 aromatic heterocycles. The molecule has 140 valence electrons. The van der Waals surface area contributed by atoms with Crippen LogP contribution in [-0.2, 0) is 4.79 Å². The third-order valence-corrected chi connectivity index (χ3v) is 3.96. The predicted molar refractivity (Wildman–Crippen MR) is 100 cm³/mol. The lowest BCUT2D eigenvalue weighted by Gasteiger charge is -2.11. The smallest absolute Gasteiger partial charge is 0.269 e. The molecule has 0 radical (unpaired) electrons. The first kappa shape index (κ1) is 18.8. The molecule has 1 amide bonds. The summed E-state index contributed by atoms with van der Waals surface area (Å²) in [5.74, 6) is -0.938. The second kappa shape index (κ2) is 7.72. The second-order valence-corrected chi connectivity index (χ2v) is 5.83. The number of pyridine rings is 1. The number of ether oxygens (including phenoxy) is 1. The van der Waals surface area contributed by atoms with Gasteiger partial charge >= 0.3 is 0 Å². The zero-order valence-corrected chi connectivity index (χ0v) is 15.1. The highest BCUT2D eigenvalue weighted by molar-refractivity contribution is 6.01. The van der Waals surface area contributed by atoms with Gasteiger partial charge in [0.25, 0.3) is 11.5 Å². The number of halogens is 1. The van der Waals surface area contributed by atoms with Crippen molar-refractivity contribution in [3.8, 4) is 17.7 Å². The summed E-state index contributed by atoms with van der Waals surface area (Å²) in [7, 11) is 1.37. The van der Waals surface area contributed by atoms with Crippen LogP contribution >= 0.6 is 0 Å². The first-order valence-corrected chi connectivity index (χ1v) is 8.24. The number of carbonyl (C=O) groups is 1. The first-order chi connectivity index (χ1) is 13.4. The number of rotatable bonds is 4. The zero-order valence-electron chi connectivity index (χ0n) is 15.1. The van der Waals surface area contributed by atoms with Gasteiger partial charge in [0, 0.05) is 13.2 Å². The average Bonchev–Trinajstić information content (AvgIpc) is 2.70. The molecule has 0 aliphatic carbocycles. The van der Waals surface area contributed by atoms with Gasteiger partial charge in [0.2, 0.25) is 5.88 Å². The monoisotopic (exact) mass is 378 g/mol. The number of aryl methyl sites for hydroxylation is 1. The molecule has 3 rings (SSSR count). The van der Waals surface area contributed by atoms with Gasteiger partial charge in [-0.25, -0.2) is 4.39 Å². The van der Waals surface area contributed by atoms with Gasteiger partial charge in [0.15, 0.2) is 0 Å². The van der Waals surface area contributed by atoms with Crippen molar-refractivity contribution in [3.63, 3.8) is 0 Å². The van der Waals surface area contributed by atoms with Crippen LogP contribution in [0.25, 0.3) is 11.7 Å². The molecular formula is C20H15FN4O3. The summed E-state index contributed by atoms with van der Waals surface area (Å²) in [5, 5.41) is 11.6. The van der Waals surface area contributed by atoms with E-state index in [1.54, 1.807) is 25.1 Å². The Balaban J connectivity index is 2.27. The van der Waals surface area contributed by atoms with E-state index in [-0.39, 0.29) is 22.8 Å². The molecule has 28 heavy (non-hydrogen) atoms. The molecular weight excluding hydrogens is 363 g/mol. The van der Waals surface area contributed by atoms with E-state index in [9.17, 15) is 19.2 Å². The minimum atomic E-state index is -0.649. The molecule has 0 unspecified atom stereocenters. The molecule has 0 saturated heterocycles. The minimum absolute atomic E-state index is 0.0763. The van der Waals surface area contributed by atoms with Crippen LogP contribution < -0.4 is 15.6 Å². The highest BCUT2D eigenvalue weighted by Gasteiger charge is 2.17. The Labute approximate surface area is 159 Å². The SMILES string of the molecule is CNC(=O)/C(C#N)=C/c1c(Oc2ccc(F)cc2)nc2c(C)cccn2c1=O. The average molecular weight is 378 g/mol. The molecule has 0 bridgehead atoms. The van der Waals surface area contributed by atoms with E-state index in [1.807, 2.05) is 0 Å². The molecule has 0 spiro atoms. The summed E-state index contributed by atoms with van der Waals surface area (Å²) >= 11 is 0. The van der Waals surface area contributed by atoms with Gasteiger partial charge in [-0.1, -0.05) is 6.07 Å². The molecule has 1 N–H and O–H groups in total. The van der Waals surface area contributed by atoms with E-state index in [1.165, 1.54) is 41.9 Å². The van der Waals surface area contributed by atoms with Gasteiger partial charge in [-0.3, -0.25) is 14.0 Å². The Kier molecular flexibility index (Phi) is 5.18. The Morgan fingerprint density at radius 2 is 2.04 bits per heavy atom. The number of nitrogens with one attached hydrogen (secondary N) is 1. The van der Waals surface area contributed by atoms with Crippen molar-refractivity contribution in [2.75, 3.05) is 7.05 Å². The number of nitrogens with zero attached hydrogens (tertiary/aromatic N) is 3.